The number of aryl methyl sites for hydroxylation is 1. The first-order valence-corrected chi connectivity index (χ1v) is 17.6. The second-order valence-electron chi connectivity index (χ2n) is 12.6. The predicted octanol–water partition coefficient (Wildman–Crippen LogP) is 6.79. The van der Waals surface area contributed by atoms with E-state index < -0.39 is 11.6 Å². The van der Waals surface area contributed by atoms with Gasteiger partial charge in [-0.15, -0.1) is 12.3 Å². The van der Waals surface area contributed by atoms with Crippen LogP contribution in [0.4, 0.5) is 14.6 Å². The zero-order chi connectivity index (χ0) is 34.0. The van der Waals surface area contributed by atoms with Crippen molar-refractivity contribution < 1.29 is 18.6 Å². The highest BCUT2D eigenvalue weighted by Crippen LogP contribution is 2.43. The summed E-state index contributed by atoms with van der Waals surface area (Å²) in [5.74, 6) is 1.95. The van der Waals surface area contributed by atoms with Gasteiger partial charge in [-0.2, -0.15) is 9.97 Å². The smallest absolute Gasteiger partial charge is 0.319 e. The molecule has 4 aromatic rings. The second-order valence-corrected chi connectivity index (χ2v) is 12.6. The number of phenols is 1. The maximum absolute atomic E-state index is 17.0. The van der Waals surface area contributed by atoms with E-state index in [1.807, 2.05) is 27.7 Å². The van der Waals surface area contributed by atoms with Crippen LogP contribution in [0.1, 0.15) is 71.1 Å². The van der Waals surface area contributed by atoms with Gasteiger partial charge in [0.05, 0.1) is 16.6 Å². The topological polar surface area (TPSA) is 86.6 Å². The molecule has 2 aromatic carbocycles. The first kappa shape index (κ1) is 33.8. The monoisotopic (exact) mass is 656 g/mol. The van der Waals surface area contributed by atoms with Crippen LogP contribution in [0.5, 0.6) is 11.8 Å². The SMILES string of the molecule is C#CCc1c(F)ccc2cc(O)cc(-c3nc4c5c(nc(OCC67CCCN6CCC7)nc5c3F)N3CCNCC3CC4)c12.CC.CC. The maximum atomic E-state index is 17.0. The molecule has 0 saturated carbocycles. The number of halogens is 2. The van der Waals surface area contributed by atoms with Crippen molar-refractivity contribution in [3.8, 4) is 35.4 Å². The van der Waals surface area contributed by atoms with Gasteiger partial charge in [0.1, 0.15) is 35.2 Å². The lowest BCUT2D eigenvalue weighted by Crippen LogP contribution is -2.51. The molecule has 8 nitrogen and oxygen atoms in total. The zero-order valence-electron chi connectivity index (χ0n) is 28.5. The van der Waals surface area contributed by atoms with E-state index in [1.165, 1.54) is 18.2 Å². The van der Waals surface area contributed by atoms with Gasteiger partial charge < -0.3 is 20.1 Å². The molecule has 4 aliphatic rings. The minimum absolute atomic E-state index is 0.00206. The number of benzene rings is 2. The van der Waals surface area contributed by atoms with Crippen molar-refractivity contribution in [1.82, 2.24) is 25.2 Å². The summed E-state index contributed by atoms with van der Waals surface area (Å²) in [6, 6.07) is 6.16. The average molecular weight is 657 g/mol. The fourth-order valence-corrected chi connectivity index (χ4v) is 8.06. The Kier molecular flexibility index (Phi) is 10.00. The Morgan fingerprint density at radius 1 is 1.04 bits per heavy atom. The largest absolute Gasteiger partial charge is 0.508 e. The normalized spacial score (nSPS) is 19.4. The number of hydrogen-bond donors (Lipinski definition) is 2. The number of nitrogens with zero attached hydrogens (tertiary/aromatic N) is 5. The third kappa shape index (κ3) is 5.81. The Morgan fingerprint density at radius 3 is 2.56 bits per heavy atom. The van der Waals surface area contributed by atoms with Crippen molar-refractivity contribution in [3.63, 3.8) is 0 Å². The van der Waals surface area contributed by atoms with Gasteiger partial charge in [0.25, 0.3) is 0 Å². The standard InChI is InChI=1S/C34H34F2N6O2.2C2H6/c1-2-5-23-25(35)8-6-20-16-22(43)17-24(27(20)23)30-29(36)31-28-26(38-30)9-7-21-18-37-12-15-42(21)32(28)40-33(39-31)44-19-34-10-3-13-41(34)14-4-11-34;2*1-2/h1,6,8,16-17,21,37,43H,3-5,7,9-15,18-19H2;2*1-2H3. The van der Waals surface area contributed by atoms with Crippen molar-refractivity contribution >= 4 is 27.5 Å². The quantitative estimate of drug-likeness (QED) is 0.227. The number of aromatic hydroxyl groups is 1. The molecule has 2 aromatic heterocycles. The summed E-state index contributed by atoms with van der Waals surface area (Å²) in [5.41, 5.74) is 1.33. The molecule has 10 heteroatoms. The maximum Gasteiger partial charge on any atom is 0.319 e. The molecular weight excluding hydrogens is 610 g/mol. The van der Waals surface area contributed by atoms with E-state index in [9.17, 15) is 5.11 Å². The highest BCUT2D eigenvalue weighted by molar-refractivity contribution is 6.02. The van der Waals surface area contributed by atoms with E-state index in [-0.39, 0.29) is 52.1 Å². The highest BCUT2D eigenvalue weighted by atomic mass is 19.1. The minimum Gasteiger partial charge on any atom is -0.508 e. The number of terminal acetylenes is 1. The van der Waals surface area contributed by atoms with E-state index in [2.05, 4.69) is 21.0 Å². The first-order chi connectivity index (χ1) is 23.5. The van der Waals surface area contributed by atoms with Crippen LogP contribution in [0.2, 0.25) is 0 Å². The fourth-order valence-electron chi connectivity index (χ4n) is 8.06. The second kappa shape index (κ2) is 14.2. The van der Waals surface area contributed by atoms with Gasteiger partial charge in [-0.1, -0.05) is 33.8 Å². The lowest BCUT2D eigenvalue weighted by atomic mass is 9.94. The molecule has 2 N–H and O–H groups in total. The van der Waals surface area contributed by atoms with E-state index in [1.54, 1.807) is 6.07 Å². The van der Waals surface area contributed by atoms with Crippen LogP contribution < -0.4 is 15.0 Å². The number of aromatic nitrogens is 3. The number of pyridine rings is 1. The number of rotatable bonds is 5. The zero-order valence-corrected chi connectivity index (χ0v) is 28.5. The molecule has 254 valence electrons. The van der Waals surface area contributed by atoms with Gasteiger partial charge in [0.2, 0.25) is 0 Å². The molecule has 4 aliphatic heterocycles. The Labute approximate surface area is 281 Å². The molecule has 0 aliphatic carbocycles. The molecule has 0 radical (unpaired) electrons. The molecule has 0 amide bonds. The number of ether oxygens (including phenoxy) is 1. The molecule has 0 spiro atoms. The van der Waals surface area contributed by atoms with Crippen LogP contribution in [0.3, 0.4) is 0 Å². The van der Waals surface area contributed by atoms with Crippen molar-refractivity contribution in [2.24, 2.45) is 0 Å². The Bertz CT molecular complexity index is 1850. The van der Waals surface area contributed by atoms with Crippen LogP contribution in [0, 0.1) is 24.0 Å². The number of piperazine rings is 1. The number of phenolic OH excluding ortho intramolecular Hbond substituents is 1. The highest BCUT2D eigenvalue weighted by Gasteiger charge is 2.45. The van der Waals surface area contributed by atoms with Gasteiger partial charge in [0.15, 0.2) is 5.82 Å². The van der Waals surface area contributed by atoms with Crippen molar-refractivity contribution in [2.75, 3.05) is 44.2 Å². The number of hydrogen-bond acceptors (Lipinski definition) is 8. The summed E-state index contributed by atoms with van der Waals surface area (Å²) in [6.45, 7) is 12.9. The van der Waals surface area contributed by atoms with Crippen LogP contribution >= 0.6 is 0 Å². The number of fused-ring (bicyclic) bond motifs is 4. The van der Waals surface area contributed by atoms with Gasteiger partial charge in [-0.05, 0) is 80.6 Å². The van der Waals surface area contributed by atoms with Crippen LogP contribution in [-0.2, 0) is 12.8 Å². The first-order valence-electron chi connectivity index (χ1n) is 17.6. The summed E-state index contributed by atoms with van der Waals surface area (Å²) in [4.78, 5) is 19.3. The molecule has 0 bridgehead atoms. The Morgan fingerprint density at radius 2 is 1.81 bits per heavy atom. The van der Waals surface area contributed by atoms with E-state index in [0.717, 1.165) is 64.8 Å². The summed E-state index contributed by atoms with van der Waals surface area (Å²) >= 11 is 0. The lowest BCUT2D eigenvalue weighted by Gasteiger charge is -2.36. The lowest BCUT2D eigenvalue weighted by molar-refractivity contribution is 0.108. The van der Waals surface area contributed by atoms with E-state index >= 15 is 8.78 Å². The Hall–Kier alpha value is -4.07. The Balaban J connectivity index is 0.000000969. The van der Waals surface area contributed by atoms with Crippen molar-refractivity contribution in [1.29, 1.82) is 0 Å². The average Bonchev–Trinajstić information content (AvgIpc) is 3.66. The molecule has 1 atom stereocenters. The van der Waals surface area contributed by atoms with Gasteiger partial charge in [-0.3, -0.25) is 4.90 Å². The van der Waals surface area contributed by atoms with Gasteiger partial charge in [0, 0.05) is 43.2 Å². The summed E-state index contributed by atoms with van der Waals surface area (Å²) in [5, 5.41) is 15.7. The number of anilines is 1. The summed E-state index contributed by atoms with van der Waals surface area (Å²) in [6.07, 6.45) is 11.4. The van der Waals surface area contributed by atoms with E-state index in [4.69, 9.17) is 26.1 Å². The third-order valence-corrected chi connectivity index (χ3v) is 10.1. The van der Waals surface area contributed by atoms with Crippen LogP contribution in [0.25, 0.3) is 32.9 Å². The molecule has 1 unspecified atom stereocenters. The number of nitrogens with one attached hydrogen (secondary N) is 1. The summed E-state index contributed by atoms with van der Waals surface area (Å²) in [7, 11) is 0. The third-order valence-electron chi connectivity index (χ3n) is 10.1. The van der Waals surface area contributed by atoms with E-state index in [0.29, 0.717) is 40.7 Å². The molecule has 3 saturated heterocycles. The fraction of sp³-hybridized carbons (Fsp3) is 0.500. The van der Waals surface area contributed by atoms with Crippen molar-refractivity contribution in [2.45, 2.75) is 84.2 Å². The van der Waals surface area contributed by atoms with Gasteiger partial charge >= 0.3 is 6.01 Å². The van der Waals surface area contributed by atoms with Crippen LogP contribution in [0.15, 0.2) is 24.3 Å². The predicted molar refractivity (Wildman–Crippen MR) is 188 cm³/mol. The molecule has 48 heavy (non-hydrogen) atoms. The molecular formula is C38H46F2N6O2. The minimum atomic E-state index is -0.657. The summed E-state index contributed by atoms with van der Waals surface area (Å²) < 4.78 is 38.5. The molecule has 6 heterocycles. The molecule has 8 rings (SSSR count). The molecule has 3 fully saturated rings. The van der Waals surface area contributed by atoms with Crippen molar-refractivity contribution in [3.05, 3.63) is 47.2 Å². The van der Waals surface area contributed by atoms with Crippen LogP contribution in [-0.4, -0.2) is 75.9 Å². The van der Waals surface area contributed by atoms with Gasteiger partial charge in [-0.25, -0.2) is 13.8 Å².